The molecule has 0 aromatic rings. The Balaban J connectivity index is 2.17. The molecule has 3 heteroatoms. The molecule has 0 aromatic carbocycles. The second-order valence-corrected chi connectivity index (χ2v) is 5.79. The quantitative estimate of drug-likeness (QED) is 0.784. The fraction of sp³-hybridized carbons (Fsp3) is 0.714. The Kier molecular flexibility index (Phi) is 3.77. The average molecular weight is 236 g/mol. The first-order valence-electron chi connectivity index (χ1n) is 6.63. The molecular weight excluding hydrogens is 212 g/mol. The van der Waals surface area contributed by atoms with Crippen molar-refractivity contribution in [2.24, 2.45) is 23.5 Å². The van der Waals surface area contributed by atoms with Gasteiger partial charge < -0.3 is 15.7 Å². The van der Waals surface area contributed by atoms with E-state index in [1.165, 1.54) is 5.70 Å². The third kappa shape index (κ3) is 2.83. The zero-order chi connectivity index (χ0) is 12.4. The SMILES string of the molecule is CC(C)CN1CC(CO)CC2CC=C(N)C=C21. The summed E-state index contributed by atoms with van der Waals surface area (Å²) in [6, 6.07) is 0. The summed E-state index contributed by atoms with van der Waals surface area (Å²) in [6.45, 7) is 6.81. The number of piperidine rings is 1. The number of hydrogen-bond donors (Lipinski definition) is 2. The van der Waals surface area contributed by atoms with E-state index in [0.717, 1.165) is 31.6 Å². The summed E-state index contributed by atoms with van der Waals surface area (Å²) >= 11 is 0. The summed E-state index contributed by atoms with van der Waals surface area (Å²) < 4.78 is 0. The lowest BCUT2D eigenvalue weighted by Gasteiger charge is -2.43. The van der Waals surface area contributed by atoms with Crippen LogP contribution in [0.5, 0.6) is 0 Å². The van der Waals surface area contributed by atoms with Gasteiger partial charge in [0.1, 0.15) is 0 Å². The molecule has 0 bridgehead atoms. The molecule has 3 nitrogen and oxygen atoms in total. The summed E-state index contributed by atoms with van der Waals surface area (Å²) in [6.07, 6.45) is 6.37. The monoisotopic (exact) mass is 236 g/mol. The topological polar surface area (TPSA) is 49.5 Å². The van der Waals surface area contributed by atoms with Gasteiger partial charge in [0, 0.05) is 42.9 Å². The summed E-state index contributed by atoms with van der Waals surface area (Å²) in [5.41, 5.74) is 8.20. The molecule has 0 spiro atoms. The van der Waals surface area contributed by atoms with E-state index in [1.807, 2.05) is 0 Å². The molecule has 1 aliphatic carbocycles. The molecule has 0 radical (unpaired) electrons. The first-order chi connectivity index (χ1) is 8.10. The highest BCUT2D eigenvalue weighted by molar-refractivity contribution is 5.28. The average Bonchev–Trinajstić information content (AvgIpc) is 2.28. The molecule has 0 saturated carbocycles. The molecule has 1 fully saturated rings. The lowest BCUT2D eigenvalue weighted by Crippen LogP contribution is -2.42. The lowest BCUT2D eigenvalue weighted by atomic mass is 9.81. The fourth-order valence-corrected chi connectivity index (χ4v) is 2.96. The fourth-order valence-electron chi connectivity index (χ4n) is 2.96. The third-order valence-corrected chi connectivity index (χ3v) is 3.68. The van der Waals surface area contributed by atoms with Gasteiger partial charge in [-0.15, -0.1) is 0 Å². The van der Waals surface area contributed by atoms with Crippen LogP contribution in [0, 0.1) is 17.8 Å². The van der Waals surface area contributed by atoms with Crippen molar-refractivity contribution in [3.63, 3.8) is 0 Å². The number of rotatable bonds is 3. The molecule has 2 aliphatic rings. The smallest absolute Gasteiger partial charge is 0.0476 e. The van der Waals surface area contributed by atoms with Gasteiger partial charge in [-0.25, -0.2) is 0 Å². The molecule has 17 heavy (non-hydrogen) atoms. The van der Waals surface area contributed by atoms with Crippen molar-refractivity contribution in [1.29, 1.82) is 0 Å². The number of aliphatic hydroxyl groups excluding tert-OH is 1. The standard InChI is InChI=1S/C14H24N2O/c1-10(2)7-16-8-11(9-17)5-12-3-4-13(15)6-14(12)16/h4,6,10-12,17H,3,5,7-9,15H2,1-2H3. The predicted octanol–water partition coefficient (Wildman–Crippen LogP) is 1.70. The number of nitrogens with two attached hydrogens (primary N) is 1. The minimum atomic E-state index is 0.303. The molecule has 0 amide bonds. The third-order valence-electron chi connectivity index (χ3n) is 3.68. The molecule has 2 rings (SSSR count). The Labute approximate surface area is 104 Å². The summed E-state index contributed by atoms with van der Waals surface area (Å²) in [5.74, 6) is 1.62. The van der Waals surface area contributed by atoms with Crippen LogP contribution in [0.25, 0.3) is 0 Å². The van der Waals surface area contributed by atoms with Crippen LogP contribution in [-0.2, 0) is 0 Å². The Bertz CT molecular complexity index is 333. The van der Waals surface area contributed by atoms with Crippen LogP contribution in [0.15, 0.2) is 23.5 Å². The number of aliphatic hydroxyl groups is 1. The number of hydrogen-bond acceptors (Lipinski definition) is 3. The van der Waals surface area contributed by atoms with E-state index in [-0.39, 0.29) is 0 Å². The van der Waals surface area contributed by atoms with Crippen molar-refractivity contribution < 1.29 is 5.11 Å². The number of fused-ring (bicyclic) bond motifs is 1. The van der Waals surface area contributed by atoms with E-state index in [4.69, 9.17) is 5.73 Å². The minimum Gasteiger partial charge on any atom is -0.399 e. The number of nitrogens with zero attached hydrogens (tertiary/aromatic N) is 1. The van der Waals surface area contributed by atoms with Crippen LogP contribution in [-0.4, -0.2) is 29.7 Å². The maximum absolute atomic E-state index is 9.40. The molecule has 2 atom stereocenters. The highest BCUT2D eigenvalue weighted by atomic mass is 16.3. The van der Waals surface area contributed by atoms with E-state index >= 15 is 0 Å². The lowest BCUT2D eigenvalue weighted by molar-refractivity contribution is 0.113. The number of likely N-dealkylation sites (tertiary alicyclic amines) is 1. The van der Waals surface area contributed by atoms with Crippen LogP contribution < -0.4 is 5.73 Å². The second-order valence-electron chi connectivity index (χ2n) is 5.79. The Morgan fingerprint density at radius 3 is 2.94 bits per heavy atom. The van der Waals surface area contributed by atoms with Crippen LogP contribution in [0.3, 0.4) is 0 Å². The Morgan fingerprint density at radius 2 is 2.29 bits per heavy atom. The van der Waals surface area contributed by atoms with Gasteiger partial charge in [-0.3, -0.25) is 0 Å². The van der Waals surface area contributed by atoms with Gasteiger partial charge in [0.2, 0.25) is 0 Å². The van der Waals surface area contributed by atoms with Gasteiger partial charge in [0.25, 0.3) is 0 Å². The van der Waals surface area contributed by atoms with Crippen molar-refractivity contribution in [3.05, 3.63) is 23.5 Å². The van der Waals surface area contributed by atoms with Crippen molar-refractivity contribution in [1.82, 2.24) is 4.90 Å². The maximum Gasteiger partial charge on any atom is 0.0476 e. The van der Waals surface area contributed by atoms with Crippen molar-refractivity contribution in [2.45, 2.75) is 26.7 Å². The van der Waals surface area contributed by atoms with Gasteiger partial charge in [0.15, 0.2) is 0 Å². The normalized spacial score (nSPS) is 28.8. The summed E-state index contributed by atoms with van der Waals surface area (Å²) in [5, 5.41) is 9.40. The van der Waals surface area contributed by atoms with Crippen LogP contribution in [0.4, 0.5) is 0 Å². The van der Waals surface area contributed by atoms with Crippen LogP contribution in [0.1, 0.15) is 26.7 Å². The number of allylic oxidation sites excluding steroid dienone is 3. The Morgan fingerprint density at radius 1 is 1.53 bits per heavy atom. The second kappa shape index (κ2) is 5.13. The zero-order valence-corrected chi connectivity index (χ0v) is 10.9. The molecule has 0 aromatic heterocycles. The largest absolute Gasteiger partial charge is 0.399 e. The summed E-state index contributed by atoms with van der Waals surface area (Å²) in [7, 11) is 0. The first kappa shape index (κ1) is 12.5. The van der Waals surface area contributed by atoms with Crippen LogP contribution in [0.2, 0.25) is 0 Å². The van der Waals surface area contributed by atoms with E-state index in [0.29, 0.717) is 24.4 Å². The highest BCUT2D eigenvalue weighted by Gasteiger charge is 2.31. The van der Waals surface area contributed by atoms with E-state index < -0.39 is 0 Å². The van der Waals surface area contributed by atoms with Gasteiger partial charge in [0.05, 0.1) is 0 Å². The minimum absolute atomic E-state index is 0.303. The predicted molar refractivity (Wildman–Crippen MR) is 70.1 cm³/mol. The Hall–Kier alpha value is -0.960. The van der Waals surface area contributed by atoms with Gasteiger partial charge in [-0.05, 0) is 24.8 Å². The van der Waals surface area contributed by atoms with Crippen molar-refractivity contribution in [3.8, 4) is 0 Å². The molecular formula is C14H24N2O. The molecule has 1 aliphatic heterocycles. The van der Waals surface area contributed by atoms with Gasteiger partial charge >= 0.3 is 0 Å². The molecule has 3 N–H and O–H groups in total. The maximum atomic E-state index is 9.40. The molecule has 1 heterocycles. The van der Waals surface area contributed by atoms with E-state index in [2.05, 4.69) is 30.9 Å². The molecule has 1 saturated heterocycles. The van der Waals surface area contributed by atoms with Gasteiger partial charge in [-0.2, -0.15) is 0 Å². The molecule has 96 valence electrons. The van der Waals surface area contributed by atoms with Gasteiger partial charge in [-0.1, -0.05) is 19.9 Å². The van der Waals surface area contributed by atoms with Crippen LogP contribution >= 0.6 is 0 Å². The van der Waals surface area contributed by atoms with Crippen molar-refractivity contribution in [2.75, 3.05) is 19.7 Å². The summed E-state index contributed by atoms with van der Waals surface area (Å²) in [4.78, 5) is 2.43. The van der Waals surface area contributed by atoms with E-state index in [1.54, 1.807) is 0 Å². The molecule has 2 unspecified atom stereocenters. The van der Waals surface area contributed by atoms with E-state index in [9.17, 15) is 5.11 Å². The zero-order valence-electron chi connectivity index (χ0n) is 10.9. The highest BCUT2D eigenvalue weighted by Crippen LogP contribution is 2.36. The first-order valence-corrected chi connectivity index (χ1v) is 6.63. The van der Waals surface area contributed by atoms with Crippen molar-refractivity contribution >= 4 is 0 Å².